The van der Waals surface area contributed by atoms with Crippen molar-refractivity contribution in [1.82, 2.24) is 5.32 Å². The molecule has 0 aliphatic rings. The van der Waals surface area contributed by atoms with Gasteiger partial charge in [0.1, 0.15) is 0 Å². The van der Waals surface area contributed by atoms with Crippen LogP contribution in [0.4, 0.5) is 5.69 Å². The van der Waals surface area contributed by atoms with Gasteiger partial charge >= 0.3 is 0 Å². The minimum atomic E-state index is 0. The van der Waals surface area contributed by atoms with Gasteiger partial charge in [0.25, 0.3) is 0 Å². The molecule has 120 valence electrons. The van der Waals surface area contributed by atoms with E-state index in [1.54, 1.807) is 0 Å². The van der Waals surface area contributed by atoms with Gasteiger partial charge in [-0.2, -0.15) is 0 Å². The van der Waals surface area contributed by atoms with Crippen LogP contribution in [0.15, 0.2) is 48.5 Å². The van der Waals surface area contributed by atoms with Gasteiger partial charge in [0, 0.05) is 31.9 Å². The molecule has 2 nitrogen and oxygen atoms in total. The molecule has 2 rings (SSSR count). The van der Waals surface area contributed by atoms with Gasteiger partial charge in [0.2, 0.25) is 0 Å². The lowest BCUT2D eigenvalue weighted by atomic mass is 10.1. The zero-order chi connectivity index (χ0) is 15.1. The summed E-state index contributed by atoms with van der Waals surface area (Å²) in [4.78, 5) is 2.36. The average molecular weight is 319 g/mol. The normalized spacial score (nSPS) is 10.1. The fraction of sp³-hybridized carbons (Fsp3) is 0.368. The molecule has 0 fully saturated rings. The van der Waals surface area contributed by atoms with E-state index in [9.17, 15) is 0 Å². The summed E-state index contributed by atoms with van der Waals surface area (Å²) in [6.07, 6.45) is 0. The van der Waals surface area contributed by atoms with Crippen molar-refractivity contribution < 1.29 is 0 Å². The molecule has 0 saturated carbocycles. The van der Waals surface area contributed by atoms with E-state index in [1.165, 1.54) is 22.4 Å². The Bertz CT molecular complexity index is 530. The Morgan fingerprint density at radius 1 is 0.773 bits per heavy atom. The molecule has 0 spiro atoms. The first kappa shape index (κ1) is 18.5. The Kier molecular flexibility index (Phi) is 8.00. The van der Waals surface area contributed by atoms with Gasteiger partial charge in [-0.3, -0.25) is 0 Å². The van der Waals surface area contributed by atoms with Crippen LogP contribution in [-0.2, 0) is 13.1 Å². The van der Waals surface area contributed by atoms with Crippen molar-refractivity contribution in [3.8, 4) is 0 Å². The van der Waals surface area contributed by atoms with Crippen molar-refractivity contribution in [2.75, 3.05) is 18.0 Å². The van der Waals surface area contributed by atoms with E-state index in [2.05, 4.69) is 79.5 Å². The number of anilines is 1. The van der Waals surface area contributed by atoms with Gasteiger partial charge in [-0.05, 0) is 44.0 Å². The summed E-state index contributed by atoms with van der Waals surface area (Å²) in [6.45, 7) is 10.4. The smallest absolute Gasteiger partial charge is 0.0366 e. The standard InChI is InChI=1S/C19H26N2.ClH/c1-4-21(5-2)19-12-10-18(11-13-19)15-20-14-17-8-6-16(3)7-9-17;/h6-13,20H,4-5,14-15H2,1-3H3;1H. The third kappa shape index (κ3) is 5.36. The molecule has 2 aromatic rings. The molecule has 0 saturated heterocycles. The first-order valence-electron chi connectivity index (χ1n) is 7.83. The van der Waals surface area contributed by atoms with Crippen LogP contribution in [0.5, 0.6) is 0 Å². The van der Waals surface area contributed by atoms with Crippen LogP contribution in [0.25, 0.3) is 0 Å². The third-order valence-corrected chi connectivity index (χ3v) is 3.84. The summed E-state index contributed by atoms with van der Waals surface area (Å²) in [5.41, 5.74) is 5.28. The lowest BCUT2D eigenvalue weighted by Crippen LogP contribution is -2.21. The minimum Gasteiger partial charge on any atom is -0.372 e. The minimum absolute atomic E-state index is 0. The molecule has 22 heavy (non-hydrogen) atoms. The van der Waals surface area contributed by atoms with Crippen LogP contribution in [0.2, 0.25) is 0 Å². The summed E-state index contributed by atoms with van der Waals surface area (Å²) in [5.74, 6) is 0. The average Bonchev–Trinajstić information content (AvgIpc) is 2.52. The quantitative estimate of drug-likeness (QED) is 0.805. The van der Waals surface area contributed by atoms with Crippen molar-refractivity contribution in [1.29, 1.82) is 0 Å². The number of nitrogens with one attached hydrogen (secondary N) is 1. The van der Waals surface area contributed by atoms with Gasteiger partial charge in [0.15, 0.2) is 0 Å². The van der Waals surface area contributed by atoms with E-state index in [0.29, 0.717) is 0 Å². The van der Waals surface area contributed by atoms with Crippen LogP contribution in [0, 0.1) is 6.92 Å². The Morgan fingerprint density at radius 2 is 1.23 bits per heavy atom. The molecular formula is C19H27ClN2. The molecule has 0 aromatic heterocycles. The van der Waals surface area contributed by atoms with Gasteiger partial charge in [-0.15, -0.1) is 12.4 Å². The fourth-order valence-corrected chi connectivity index (χ4v) is 2.47. The van der Waals surface area contributed by atoms with E-state index >= 15 is 0 Å². The molecule has 0 unspecified atom stereocenters. The zero-order valence-electron chi connectivity index (χ0n) is 13.8. The number of nitrogens with zero attached hydrogens (tertiary/aromatic N) is 1. The van der Waals surface area contributed by atoms with Crippen molar-refractivity contribution in [3.63, 3.8) is 0 Å². The summed E-state index contributed by atoms with van der Waals surface area (Å²) >= 11 is 0. The molecule has 0 aliphatic heterocycles. The molecular weight excluding hydrogens is 292 g/mol. The van der Waals surface area contributed by atoms with Crippen molar-refractivity contribution in [2.45, 2.75) is 33.9 Å². The predicted molar refractivity (Wildman–Crippen MR) is 99.0 cm³/mol. The second-order valence-corrected chi connectivity index (χ2v) is 5.43. The highest BCUT2D eigenvalue weighted by molar-refractivity contribution is 5.85. The van der Waals surface area contributed by atoms with Gasteiger partial charge in [0.05, 0.1) is 0 Å². The molecule has 0 aliphatic carbocycles. The first-order valence-corrected chi connectivity index (χ1v) is 7.83. The predicted octanol–water partition coefficient (Wildman–Crippen LogP) is 4.55. The van der Waals surface area contributed by atoms with E-state index in [0.717, 1.165) is 26.2 Å². The van der Waals surface area contributed by atoms with E-state index in [4.69, 9.17) is 0 Å². The Labute approximate surface area is 141 Å². The fourth-order valence-electron chi connectivity index (χ4n) is 2.47. The Hall–Kier alpha value is -1.51. The number of halogens is 1. The van der Waals surface area contributed by atoms with Gasteiger partial charge < -0.3 is 10.2 Å². The van der Waals surface area contributed by atoms with Crippen molar-refractivity contribution in [3.05, 3.63) is 65.2 Å². The topological polar surface area (TPSA) is 15.3 Å². The highest BCUT2D eigenvalue weighted by Gasteiger charge is 2.01. The number of rotatable bonds is 7. The third-order valence-electron chi connectivity index (χ3n) is 3.84. The summed E-state index contributed by atoms with van der Waals surface area (Å²) in [5, 5.41) is 3.50. The molecule has 0 atom stereocenters. The second kappa shape index (κ2) is 9.50. The van der Waals surface area contributed by atoms with Crippen LogP contribution in [0.1, 0.15) is 30.5 Å². The molecule has 1 N–H and O–H groups in total. The highest BCUT2D eigenvalue weighted by atomic mass is 35.5. The zero-order valence-corrected chi connectivity index (χ0v) is 14.6. The number of hydrogen-bond acceptors (Lipinski definition) is 2. The van der Waals surface area contributed by atoms with Crippen LogP contribution < -0.4 is 10.2 Å². The maximum absolute atomic E-state index is 3.50. The maximum atomic E-state index is 3.50. The number of aryl methyl sites for hydroxylation is 1. The molecule has 0 amide bonds. The Morgan fingerprint density at radius 3 is 1.68 bits per heavy atom. The SMILES string of the molecule is CCN(CC)c1ccc(CNCc2ccc(C)cc2)cc1.Cl. The van der Waals surface area contributed by atoms with Crippen LogP contribution in [0.3, 0.4) is 0 Å². The molecule has 0 heterocycles. The van der Waals surface area contributed by atoms with Gasteiger partial charge in [-0.25, -0.2) is 0 Å². The van der Waals surface area contributed by atoms with E-state index in [-0.39, 0.29) is 12.4 Å². The van der Waals surface area contributed by atoms with E-state index in [1.807, 2.05) is 0 Å². The highest BCUT2D eigenvalue weighted by Crippen LogP contribution is 2.15. The molecule has 0 radical (unpaired) electrons. The first-order chi connectivity index (χ1) is 10.2. The van der Waals surface area contributed by atoms with Crippen molar-refractivity contribution in [2.24, 2.45) is 0 Å². The van der Waals surface area contributed by atoms with Gasteiger partial charge in [-0.1, -0.05) is 42.0 Å². The van der Waals surface area contributed by atoms with Crippen LogP contribution in [-0.4, -0.2) is 13.1 Å². The lowest BCUT2D eigenvalue weighted by Gasteiger charge is -2.21. The summed E-state index contributed by atoms with van der Waals surface area (Å²) in [7, 11) is 0. The monoisotopic (exact) mass is 318 g/mol. The number of benzene rings is 2. The Balaban J connectivity index is 0.00000242. The summed E-state index contributed by atoms with van der Waals surface area (Å²) < 4.78 is 0. The number of hydrogen-bond donors (Lipinski definition) is 1. The van der Waals surface area contributed by atoms with Crippen LogP contribution >= 0.6 is 12.4 Å². The van der Waals surface area contributed by atoms with Crippen molar-refractivity contribution >= 4 is 18.1 Å². The largest absolute Gasteiger partial charge is 0.372 e. The summed E-state index contributed by atoms with van der Waals surface area (Å²) in [6, 6.07) is 17.6. The van der Waals surface area contributed by atoms with E-state index < -0.39 is 0 Å². The molecule has 0 bridgehead atoms. The molecule has 3 heteroatoms. The maximum Gasteiger partial charge on any atom is 0.0366 e. The second-order valence-electron chi connectivity index (χ2n) is 5.43. The molecule has 2 aromatic carbocycles. The lowest BCUT2D eigenvalue weighted by molar-refractivity contribution is 0.693.